The number of aromatic nitrogens is 2. The average molecular weight is 341 g/mol. The zero-order valence-corrected chi connectivity index (χ0v) is 13.2. The highest BCUT2D eigenvalue weighted by atomic mass is 79.9. The van der Waals surface area contributed by atoms with Crippen molar-refractivity contribution in [2.75, 3.05) is 13.1 Å². The summed E-state index contributed by atoms with van der Waals surface area (Å²) in [7, 11) is 0. The smallest absolute Gasteiger partial charge is 0.317 e. The Labute approximate surface area is 127 Å². The van der Waals surface area contributed by atoms with Crippen LogP contribution in [0.3, 0.4) is 0 Å². The summed E-state index contributed by atoms with van der Waals surface area (Å²) in [5.74, 6) is 0. The second-order valence-corrected chi connectivity index (χ2v) is 6.75. The molecular weight excluding hydrogens is 320 g/mol. The van der Waals surface area contributed by atoms with E-state index in [9.17, 15) is 4.79 Å². The molecule has 3 rings (SSSR count). The Kier molecular flexibility index (Phi) is 4.29. The molecule has 6 heteroatoms. The summed E-state index contributed by atoms with van der Waals surface area (Å²) in [6, 6.07) is 0.795. The molecule has 20 heavy (non-hydrogen) atoms. The van der Waals surface area contributed by atoms with Gasteiger partial charge in [0.15, 0.2) is 0 Å². The summed E-state index contributed by atoms with van der Waals surface area (Å²) >= 11 is 3.39. The predicted molar refractivity (Wildman–Crippen MR) is 80.6 cm³/mol. The van der Waals surface area contributed by atoms with E-state index in [1.165, 1.54) is 25.7 Å². The summed E-state index contributed by atoms with van der Waals surface area (Å²) < 4.78 is 2.92. The first kappa shape index (κ1) is 13.9. The fourth-order valence-corrected chi connectivity index (χ4v) is 3.29. The summed E-state index contributed by atoms with van der Waals surface area (Å²) in [4.78, 5) is 14.0. The average Bonchev–Trinajstić information content (AvgIpc) is 2.62. The first-order valence-electron chi connectivity index (χ1n) is 7.47. The molecule has 1 aromatic heterocycles. The summed E-state index contributed by atoms with van der Waals surface area (Å²) in [6.07, 6.45) is 11.1. The van der Waals surface area contributed by atoms with Crippen molar-refractivity contribution in [2.45, 2.75) is 50.6 Å². The van der Waals surface area contributed by atoms with Gasteiger partial charge in [0.2, 0.25) is 0 Å². The Morgan fingerprint density at radius 2 is 1.95 bits per heavy atom. The molecule has 1 N–H and O–H groups in total. The van der Waals surface area contributed by atoms with Crippen LogP contribution in [0.15, 0.2) is 16.9 Å². The number of nitrogens with zero attached hydrogens (tertiary/aromatic N) is 3. The van der Waals surface area contributed by atoms with Crippen molar-refractivity contribution in [3.8, 4) is 0 Å². The molecule has 0 atom stereocenters. The van der Waals surface area contributed by atoms with E-state index < -0.39 is 0 Å². The molecule has 0 bridgehead atoms. The lowest BCUT2D eigenvalue weighted by molar-refractivity contribution is 0.115. The molecule has 1 aliphatic carbocycles. The van der Waals surface area contributed by atoms with Gasteiger partial charge in [-0.05, 0) is 28.8 Å². The predicted octanol–water partition coefficient (Wildman–Crippen LogP) is 2.93. The van der Waals surface area contributed by atoms with Crippen LogP contribution in [0.25, 0.3) is 0 Å². The van der Waals surface area contributed by atoms with Crippen LogP contribution in [0.4, 0.5) is 4.79 Å². The number of likely N-dealkylation sites (tertiary alicyclic amines) is 1. The summed E-state index contributed by atoms with van der Waals surface area (Å²) in [5.41, 5.74) is 0. The standard InChI is InChI=1S/C14H21BrN4O/c15-11-7-16-19(8-11)13-9-18(10-13)14(20)17-12-5-3-1-2-4-6-12/h7-8,12-13H,1-6,9-10H2,(H,17,20). The van der Waals surface area contributed by atoms with Crippen molar-refractivity contribution in [3.63, 3.8) is 0 Å². The number of halogens is 1. The molecule has 1 aromatic rings. The van der Waals surface area contributed by atoms with Gasteiger partial charge in [-0.25, -0.2) is 4.79 Å². The van der Waals surface area contributed by atoms with Crippen LogP contribution in [-0.2, 0) is 0 Å². The molecule has 0 aromatic carbocycles. The van der Waals surface area contributed by atoms with Crippen molar-refractivity contribution >= 4 is 22.0 Å². The number of hydrogen-bond donors (Lipinski definition) is 1. The second-order valence-electron chi connectivity index (χ2n) is 5.84. The summed E-state index contributed by atoms with van der Waals surface area (Å²) in [6.45, 7) is 1.51. The molecule has 2 heterocycles. The Hall–Kier alpha value is -1.04. The van der Waals surface area contributed by atoms with E-state index in [0.29, 0.717) is 12.1 Å². The number of urea groups is 1. The molecule has 0 unspecified atom stereocenters. The van der Waals surface area contributed by atoms with E-state index in [4.69, 9.17) is 0 Å². The van der Waals surface area contributed by atoms with Crippen molar-refractivity contribution in [2.24, 2.45) is 0 Å². The molecule has 2 aliphatic rings. The maximum Gasteiger partial charge on any atom is 0.317 e. The number of nitrogens with one attached hydrogen (secondary N) is 1. The van der Waals surface area contributed by atoms with Gasteiger partial charge in [-0.2, -0.15) is 5.10 Å². The zero-order chi connectivity index (χ0) is 13.9. The lowest BCUT2D eigenvalue weighted by Gasteiger charge is -2.39. The molecule has 2 fully saturated rings. The third-order valence-electron chi connectivity index (χ3n) is 4.28. The maximum absolute atomic E-state index is 12.2. The lowest BCUT2D eigenvalue weighted by Crippen LogP contribution is -2.56. The minimum Gasteiger partial charge on any atom is -0.335 e. The normalized spacial score (nSPS) is 21.4. The fourth-order valence-electron chi connectivity index (χ4n) is 2.99. The quantitative estimate of drug-likeness (QED) is 0.841. The SMILES string of the molecule is O=C(NC1CCCCCC1)N1CC(n2cc(Br)cn2)C1. The van der Waals surface area contributed by atoms with Gasteiger partial charge in [-0.3, -0.25) is 4.68 Å². The van der Waals surface area contributed by atoms with Gasteiger partial charge in [0.1, 0.15) is 0 Å². The zero-order valence-electron chi connectivity index (χ0n) is 11.6. The van der Waals surface area contributed by atoms with E-state index in [-0.39, 0.29) is 6.03 Å². The Morgan fingerprint density at radius 3 is 2.55 bits per heavy atom. The first-order chi connectivity index (χ1) is 9.72. The van der Waals surface area contributed by atoms with E-state index in [1.54, 1.807) is 6.20 Å². The minimum atomic E-state index is 0.0966. The van der Waals surface area contributed by atoms with Crippen molar-refractivity contribution in [1.82, 2.24) is 20.0 Å². The van der Waals surface area contributed by atoms with Crippen molar-refractivity contribution in [3.05, 3.63) is 16.9 Å². The summed E-state index contributed by atoms with van der Waals surface area (Å²) in [5, 5.41) is 7.46. The minimum absolute atomic E-state index is 0.0966. The van der Waals surface area contributed by atoms with Crippen LogP contribution in [0.5, 0.6) is 0 Å². The number of rotatable bonds is 2. The highest BCUT2D eigenvalue weighted by Crippen LogP contribution is 2.23. The van der Waals surface area contributed by atoms with E-state index in [2.05, 4.69) is 26.3 Å². The number of carbonyl (C=O) groups is 1. The number of amides is 2. The van der Waals surface area contributed by atoms with Crippen LogP contribution in [-0.4, -0.2) is 39.8 Å². The molecule has 0 radical (unpaired) electrons. The van der Waals surface area contributed by atoms with Crippen LogP contribution in [0, 0.1) is 0 Å². The van der Waals surface area contributed by atoms with Gasteiger partial charge in [0, 0.05) is 25.3 Å². The largest absolute Gasteiger partial charge is 0.335 e. The monoisotopic (exact) mass is 340 g/mol. The maximum atomic E-state index is 12.2. The number of carbonyl (C=O) groups excluding carboxylic acids is 1. The second kappa shape index (κ2) is 6.16. The molecule has 1 saturated heterocycles. The highest BCUT2D eigenvalue weighted by Gasteiger charge is 2.33. The van der Waals surface area contributed by atoms with Crippen LogP contribution >= 0.6 is 15.9 Å². The van der Waals surface area contributed by atoms with Gasteiger partial charge in [0.25, 0.3) is 0 Å². The topological polar surface area (TPSA) is 50.2 Å². The van der Waals surface area contributed by atoms with Gasteiger partial charge in [-0.15, -0.1) is 0 Å². The molecule has 1 saturated carbocycles. The first-order valence-corrected chi connectivity index (χ1v) is 8.27. The van der Waals surface area contributed by atoms with Gasteiger partial charge in [-0.1, -0.05) is 25.7 Å². The van der Waals surface area contributed by atoms with Gasteiger partial charge >= 0.3 is 6.03 Å². The third-order valence-corrected chi connectivity index (χ3v) is 4.69. The van der Waals surface area contributed by atoms with Crippen molar-refractivity contribution in [1.29, 1.82) is 0 Å². The lowest BCUT2D eigenvalue weighted by atomic mass is 10.1. The Bertz CT molecular complexity index is 461. The van der Waals surface area contributed by atoms with Gasteiger partial charge < -0.3 is 10.2 Å². The molecule has 0 spiro atoms. The molecule has 110 valence electrons. The van der Waals surface area contributed by atoms with Crippen LogP contribution in [0.2, 0.25) is 0 Å². The highest BCUT2D eigenvalue weighted by molar-refractivity contribution is 9.10. The van der Waals surface area contributed by atoms with E-state index >= 15 is 0 Å². The van der Waals surface area contributed by atoms with Gasteiger partial charge in [0.05, 0.1) is 16.7 Å². The molecule has 5 nitrogen and oxygen atoms in total. The fraction of sp³-hybridized carbons (Fsp3) is 0.714. The van der Waals surface area contributed by atoms with Crippen LogP contribution < -0.4 is 5.32 Å². The van der Waals surface area contributed by atoms with E-state index in [1.807, 2.05) is 15.8 Å². The number of hydrogen-bond acceptors (Lipinski definition) is 2. The molecular formula is C14H21BrN4O. The third kappa shape index (κ3) is 3.16. The van der Waals surface area contributed by atoms with Crippen LogP contribution in [0.1, 0.15) is 44.6 Å². The Balaban J connectivity index is 1.45. The molecule has 1 aliphatic heterocycles. The van der Waals surface area contributed by atoms with Crippen molar-refractivity contribution < 1.29 is 4.79 Å². The Morgan fingerprint density at radius 1 is 1.25 bits per heavy atom. The molecule has 2 amide bonds. The van der Waals surface area contributed by atoms with E-state index in [0.717, 1.165) is 30.4 Å².